The third kappa shape index (κ3) is 4.43. The van der Waals surface area contributed by atoms with E-state index in [4.69, 9.17) is 9.47 Å². The number of amides is 1. The van der Waals surface area contributed by atoms with Crippen molar-refractivity contribution in [2.45, 2.75) is 28.4 Å². The van der Waals surface area contributed by atoms with Crippen LogP contribution < -0.4 is 19.5 Å². The van der Waals surface area contributed by atoms with E-state index in [9.17, 15) is 13.2 Å². The number of anilines is 1. The van der Waals surface area contributed by atoms with Crippen LogP contribution in [0, 0.1) is 0 Å². The lowest BCUT2D eigenvalue weighted by Gasteiger charge is -2.21. The number of hydrogen-bond acceptors (Lipinski definition) is 6. The zero-order valence-corrected chi connectivity index (χ0v) is 17.4. The Bertz CT molecular complexity index is 992. The van der Waals surface area contributed by atoms with E-state index in [-0.39, 0.29) is 22.6 Å². The number of hydrogen-bond donors (Lipinski definition) is 2. The molecule has 2 N–H and O–H groups in total. The van der Waals surface area contributed by atoms with Gasteiger partial charge in [-0.2, -0.15) is 0 Å². The lowest BCUT2D eigenvalue weighted by molar-refractivity contribution is -0.115. The fraction of sp³-hybridized carbons (Fsp3) is 0.316. The van der Waals surface area contributed by atoms with E-state index in [0.29, 0.717) is 23.6 Å². The maximum Gasteiger partial charge on any atom is 0.240 e. The smallest absolute Gasteiger partial charge is 0.240 e. The standard InChI is InChI=1S/C19H22N2O5S2/c1-12-19(22)21-15-11-14(5-7-18(15)27-12)28(23,24)20-9-8-13-4-6-16(25-2)17(10-13)26-3/h4-7,10-12,20H,8-9H2,1-3H3,(H,21,22)/t12-/m0/s1. The Morgan fingerprint density at radius 2 is 1.86 bits per heavy atom. The molecule has 0 fully saturated rings. The molecule has 0 spiro atoms. The number of fused-ring (bicyclic) bond motifs is 1. The van der Waals surface area contributed by atoms with Crippen molar-refractivity contribution in [2.24, 2.45) is 0 Å². The van der Waals surface area contributed by atoms with E-state index in [1.807, 2.05) is 19.1 Å². The minimum atomic E-state index is -3.69. The number of carbonyl (C=O) groups is 1. The van der Waals surface area contributed by atoms with Crippen molar-refractivity contribution in [3.63, 3.8) is 0 Å². The van der Waals surface area contributed by atoms with Crippen LogP contribution in [-0.4, -0.2) is 40.3 Å². The molecule has 1 aliphatic heterocycles. The first kappa shape index (κ1) is 20.5. The van der Waals surface area contributed by atoms with Crippen LogP contribution in [0.5, 0.6) is 11.5 Å². The zero-order chi connectivity index (χ0) is 20.3. The minimum absolute atomic E-state index is 0.119. The van der Waals surface area contributed by atoms with E-state index < -0.39 is 10.0 Å². The summed E-state index contributed by atoms with van der Waals surface area (Å²) in [6.45, 7) is 2.04. The summed E-state index contributed by atoms with van der Waals surface area (Å²) in [5.41, 5.74) is 1.44. The summed E-state index contributed by atoms with van der Waals surface area (Å²) >= 11 is 1.41. The number of sulfonamides is 1. The van der Waals surface area contributed by atoms with Crippen molar-refractivity contribution in [2.75, 3.05) is 26.1 Å². The summed E-state index contributed by atoms with van der Waals surface area (Å²) in [6.07, 6.45) is 0.495. The third-order valence-corrected chi connectivity index (χ3v) is 6.98. The van der Waals surface area contributed by atoms with Crippen molar-refractivity contribution < 1.29 is 22.7 Å². The Labute approximate surface area is 168 Å². The molecule has 2 aromatic carbocycles. The predicted octanol–water partition coefficient (Wildman–Crippen LogP) is 2.66. The predicted molar refractivity (Wildman–Crippen MR) is 109 cm³/mol. The second kappa shape index (κ2) is 8.42. The van der Waals surface area contributed by atoms with Gasteiger partial charge >= 0.3 is 0 Å². The van der Waals surface area contributed by atoms with E-state index in [1.165, 1.54) is 17.8 Å². The van der Waals surface area contributed by atoms with Gasteiger partial charge in [0.1, 0.15) is 0 Å². The minimum Gasteiger partial charge on any atom is -0.493 e. The summed E-state index contributed by atoms with van der Waals surface area (Å²) in [7, 11) is -0.575. The monoisotopic (exact) mass is 422 g/mol. The lowest BCUT2D eigenvalue weighted by Crippen LogP contribution is -2.28. The first-order chi connectivity index (χ1) is 13.3. The van der Waals surface area contributed by atoms with Crippen LogP contribution in [-0.2, 0) is 21.2 Å². The maximum atomic E-state index is 12.6. The van der Waals surface area contributed by atoms with Crippen LogP contribution in [0.1, 0.15) is 12.5 Å². The molecule has 7 nitrogen and oxygen atoms in total. The summed E-state index contributed by atoms with van der Waals surface area (Å²) in [5, 5.41) is 2.55. The molecule has 0 aliphatic carbocycles. The Kier molecular flexibility index (Phi) is 6.17. The van der Waals surface area contributed by atoms with Gasteiger partial charge in [-0.3, -0.25) is 4.79 Å². The Hall–Kier alpha value is -2.23. The molecule has 28 heavy (non-hydrogen) atoms. The van der Waals surface area contributed by atoms with Crippen molar-refractivity contribution >= 4 is 33.4 Å². The van der Waals surface area contributed by atoms with E-state index in [1.54, 1.807) is 32.4 Å². The molecule has 0 radical (unpaired) electrons. The van der Waals surface area contributed by atoms with Crippen LogP contribution >= 0.6 is 11.8 Å². The molecule has 9 heteroatoms. The molecule has 0 saturated carbocycles. The Morgan fingerprint density at radius 1 is 1.11 bits per heavy atom. The molecule has 1 amide bonds. The molecule has 0 saturated heterocycles. The molecule has 1 atom stereocenters. The van der Waals surface area contributed by atoms with Crippen molar-refractivity contribution in [3.8, 4) is 11.5 Å². The van der Waals surface area contributed by atoms with Crippen molar-refractivity contribution in [1.82, 2.24) is 4.72 Å². The molecule has 1 aliphatic rings. The van der Waals surface area contributed by atoms with Crippen molar-refractivity contribution in [3.05, 3.63) is 42.0 Å². The van der Waals surface area contributed by atoms with E-state index in [2.05, 4.69) is 10.0 Å². The van der Waals surface area contributed by atoms with Crippen LogP contribution in [0.15, 0.2) is 46.2 Å². The second-order valence-electron chi connectivity index (χ2n) is 6.24. The molecule has 2 aromatic rings. The molecular weight excluding hydrogens is 400 g/mol. The fourth-order valence-corrected chi connectivity index (χ4v) is 4.79. The summed E-state index contributed by atoms with van der Waals surface area (Å²) < 4.78 is 38.3. The molecule has 1 heterocycles. The molecule has 0 bridgehead atoms. The molecular formula is C19H22N2O5S2. The summed E-state index contributed by atoms with van der Waals surface area (Å²) in [6, 6.07) is 10.2. The van der Waals surface area contributed by atoms with Gasteiger partial charge in [0.25, 0.3) is 0 Å². The highest BCUT2D eigenvalue weighted by Crippen LogP contribution is 2.36. The highest BCUT2D eigenvalue weighted by Gasteiger charge is 2.25. The number of rotatable bonds is 7. The largest absolute Gasteiger partial charge is 0.493 e. The highest BCUT2D eigenvalue weighted by molar-refractivity contribution is 8.01. The topological polar surface area (TPSA) is 93.7 Å². The Morgan fingerprint density at radius 3 is 2.57 bits per heavy atom. The lowest BCUT2D eigenvalue weighted by atomic mass is 10.1. The van der Waals surface area contributed by atoms with E-state index in [0.717, 1.165) is 10.5 Å². The SMILES string of the molecule is COc1ccc(CCNS(=O)(=O)c2ccc3c(c2)NC(=O)[C@H](C)S3)cc1OC. The van der Waals surface area contributed by atoms with Crippen LogP contribution in [0.25, 0.3) is 0 Å². The first-order valence-electron chi connectivity index (χ1n) is 8.66. The highest BCUT2D eigenvalue weighted by atomic mass is 32.2. The quantitative estimate of drug-likeness (QED) is 0.713. The van der Waals surface area contributed by atoms with Gasteiger partial charge in [-0.25, -0.2) is 13.1 Å². The van der Waals surface area contributed by atoms with E-state index >= 15 is 0 Å². The number of thioether (sulfide) groups is 1. The number of benzene rings is 2. The number of nitrogens with one attached hydrogen (secondary N) is 2. The fourth-order valence-electron chi connectivity index (χ4n) is 2.80. The first-order valence-corrected chi connectivity index (χ1v) is 11.0. The van der Waals surface area contributed by atoms with Gasteiger partial charge < -0.3 is 14.8 Å². The number of ether oxygens (including phenoxy) is 2. The summed E-state index contributed by atoms with van der Waals surface area (Å²) in [4.78, 5) is 12.8. The Balaban J connectivity index is 1.68. The van der Waals surface area contributed by atoms with Gasteiger partial charge in [0.05, 0.1) is 30.1 Å². The van der Waals surface area contributed by atoms with Gasteiger partial charge in [0.2, 0.25) is 15.9 Å². The van der Waals surface area contributed by atoms with Gasteiger partial charge in [-0.1, -0.05) is 6.07 Å². The zero-order valence-electron chi connectivity index (χ0n) is 15.8. The van der Waals surface area contributed by atoms with Gasteiger partial charge in [-0.15, -0.1) is 11.8 Å². The molecule has 3 rings (SSSR count). The third-order valence-electron chi connectivity index (χ3n) is 4.35. The number of methoxy groups -OCH3 is 2. The average Bonchev–Trinajstić information content (AvgIpc) is 2.68. The van der Waals surface area contributed by atoms with Gasteiger partial charge in [0, 0.05) is 11.4 Å². The normalized spacial score (nSPS) is 16.2. The van der Waals surface area contributed by atoms with Crippen LogP contribution in [0.2, 0.25) is 0 Å². The van der Waals surface area contributed by atoms with Crippen LogP contribution in [0.4, 0.5) is 5.69 Å². The summed E-state index contributed by atoms with van der Waals surface area (Å²) in [5.74, 6) is 1.09. The second-order valence-corrected chi connectivity index (χ2v) is 9.39. The molecule has 150 valence electrons. The number of carbonyl (C=O) groups excluding carboxylic acids is 1. The van der Waals surface area contributed by atoms with Crippen LogP contribution in [0.3, 0.4) is 0 Å². The maximum absolute atomic E-state index is 12.6. The van der Waals surface area contributed by atoms with Gasteiger partial charge in [-0.05, 0) is 49.2 Å². The molecule has 0 unspecified atom stereocenters. The average molecular weight is 423 g/mol. The van der Waals surface area contributed by atoms with Gasteiger partial charge in [0.15, 0.2) is 11.5 Å². The molecule has 0 aromatic heterocycles. The van der Waals surface area contributed by atoms with Crippen molar-refractivity contribution in [1.29, 1.82) is 0 Å².